The Morgan fingerprint density at radius 1 is 1.00 bits per heavy atom. The molecule has 0 atom stereocenters. The number of fused-ring (bicyclic) bond motifs is 1. The van der Waals surface area contributed by atoms with E-state index in [-0.39, 0.29) is 39.0 Å². The second-order valence-electron chi connectivity index (χ2n) is 4.14. The summed E-state index contributed by atoms with van der Waals surface area (Å²) in [5.41, 5.74) is 0.626. The van der Waals surface area contributed by atoms with Gasteiger partial charge in [0.2, 0.25) is 0 Å². The minimum atomic E-state index is -0.445. The summed E-state index contributed by atoms with van der Waals surface area (Å²) in [6.45, 7) is 1.60. The first-order chi connectivity index (χ1) is 10.1. The Bertz CT molecular complexity index is 890. The van der Waals surface area contributed by atoms with Crippen molar-refractivity contribution in [1.29, 1.82) is 21.0 Å². The molecule has 0 aromatic heterocycles. The van der Waals surface area contributed by atoms with Gasteiger partial charge in [0.05, 0.1) is 23.3 Å². The van der Waals surface area contributed by atoms with Gasteiger partial charge in [-0.15, -0.1) is 0 Å². The van der Waals surface area contributed by atoms with Gasteiger partial charge in [0.15, 0.2) is 5.78 Å². The molecule has 0 amide bonds. The fourth-order valence-electron chi connectivity index (χ4n) is 2.34. The zero-order valence-electron chi connectivity index (χ0n) is 10.9. The Morgan fingerprint density at radius 3 is 1.95 bits per heavy atom. The zero-order chi connectivity index (χ0) is 15.6. The van der Waals surface area contributed by atoms with Crippen molar-refractivity contribution in [2.24, 2.45) is 0 Å². The van der Waals surface area contributed by atoms with Crippen molar-refractivity contribution in [1.82, 2.24) is 0 Å². The summed E-state index contributed by atoms with van der Waals surface area (Å²) in [4.78, 5) is 12.4. The molecule has 1 aromatic carbocycles. The van der Waals surface area contributed by atoms with Crippen LogP contribution < -0.4 is 0 Å². The molecule has 1 aliphatic carbocycles. The van der Waals surface area contributed by atoms with Crippen LogP contribution in [-0.4, -0.2) is 5.78 Å². The number of Topliss-reactive ketones (excluding diaryl/α,β-unsaturated/α-hetero) is 1. The lowest BCUT2D eigenvalue weighted by atomic mass is 9.94. The molecule has 0 saturated carbocycles. The van der Waals surface area contributed by atoms with E-state index >= 15 is 0 Å². The molecular formula is C16H6N4O. The van der Waals surface area contributed by atoms with E-state index < -0.39 is 5.78 Å². The third-order valence-electron chi connectivity index (χ3n) is 3.20. The fraction of sp³-hybridized carbons (Fsp3) is 0.0625. The van der Waals surface area contributed by atoms with Gasteiger partial charge in [-0.05, 0) is 19.1 Å². The van der Waals surface area contributed by atoms with Gasteiger partial charge >= 0.3 is 0 Å². The van der Waals surface area contributed by atoms with Crippen LogP contribution in [0.4, 0.5) is 0 Å². The van der Waals surface area contributed by atoms with E-state index in [2.05, 4.69) is 0 Å². The van der Waals surface area contributed by atoms with Gasteiger partial charge in [-0.3, -0.25) is 4.79 Å². The summed E-state index contributed by atoms with van der Waals surface area (Å²) in [5, 5.41) is 36.5. The van der Waals surface area contributed by atoms with Crippen molar-refractivity contribution < 1.29 is 4.79 Å². The number of allylic oxidation sites excluding steroid dienone is 4. The Labute approximate surface area is 120 Å². The number of rotatable bonds is 0. The molecule has 0 radical (unpaired) electrons. The maximum absolute atomic E-state index is 12.4. The average molecular weight is 270 g/mol. The van der Waals surface area contributed by atoms with E-state index in [4.69, 9.17) is 15.8 Å². The van der Waals surface area contributed by atoms with Crippen LogP contribution in [0.25, 0.3) is 5.57 Å². The molecule has 5 nitrogen and oxygen atoms in total. The lowest BCUT2D eigenvalue weighted by molar-refractivity contribution is 0.104. The lowest BCUT2D eigenvalue weighted by Gasteiger charge is -2.04. The van der Waals surface area contributed by atoms with Crippen molar-refractivity contribution in [2.75, 3.05) is 0 Å². The van der Waals surface area contributed by atoms with Crippen LogP contribution in [-0.2, 0) is 0 Å². The first-order valence-corrected chi connectivity index (χ1v) is 5.88. The van der Waals surface area contributed by atoms with E-state index in [9.17, 15) is 10.1 Å². The SMILES string of the molecule is C/C=C1/C(=O)c2c(C#N)ccc(C#N)c2C1=C(C#N)C#N. The van der Waals surface area contributed by atoms with Crippen molar-refractivity contribution in [3.63, 3.8) is 0 Å². The highest BCUT2D eigenvalue weighted by Gasteiger charge is 2.36. The predicted molar refractivity (Wildman–Crippen MR) is 72.1 cm³/mol. The zero-order valence-corrected chi connectivity index (χ0v) is 10.9. The molecule has 0 bridgehead atoms. The van der Waals surface area contributed by atoms with Crippen LogP contribution in [0.5, 0.6) is 0 Å². The Balaban J connectivity index is 3.09. The second-order valence-corrected chi connectivity index (χ2v) is 4.14. The molecule has 0 aliphatic heterocycles. The molecule has 1 aliphatic rings. The molecule has 2 rings (SSSR count). The highest BCUT2D eigenvalue weighted by molar-refractivity contribution is 6.29. The molecule has 96 valence electrons. The van der Waals surface area contributed by atoms with Crippen LogP contribution in [0.3, 0.4) is 0 Å². The number of hydrogen-bond donors (Lipinski definition) is 0. The predicted octanol–water partition coefficient (Wildman–Crippen LogP) is 2.37. The fourth-order valence-corrected chi connectivity index (χ4v) is 2.34. The van der Waals surface area contributed by atoms with Gasteiger partial charge in [0, 0.05) is 22.3 Å². The highest BCUT2D eigenvalue weighted by atomic mass is 16.1. The van der Waals surface area contributed by atoms with E-state index in [0.717, 1.165) is 0 Å². The number of carbonyl (C=O) groups excluding carboxylic acids is 1. The Morgan fingerprint density at radius 2 is 1.52 bits per heavy atom. The van der Waals surface area contributed by atoms with Crippen LogP contribution in [0.15, 0.2) is 29.4 Å². The molecule has 0 N–H and O–H groups in total. The van der Waals surface area contributed by atoms with Crippen molar-refractivity contribution in [2.45, 2.75) is 6.92 Å². The molecule has 0 unspecified atom stereocenters. The molecular weight excluding hydrogens is 264 g/mol. The third kappa shape index (κ3) is 1.79. The van der Waals surface area contributed by atoms with Crippen LogP contribution in [0, 0.1) is 45.3 Å². The minimum absolute atomic E-state index is 0.0858. The van der Waals surface area contributed by atoms with E-state index in [1.807, 2.05) is 12.1 Å². The minimum Gasteiger partial charge on any atom is -0.289 e. The van der Waals surface area contributed by atoms with Gasteiger partial charge < -0.3 is 0 Å². The number of hydrogen-bond acceptors (Lipinski definition) is 5. The third-order valence-corrected chi connectivity index (χ3v) is 3.20. The summed E-state index contributed by atoms with van der Waals surface area (Å²) in [5.74, 6) is -0.445. The number of nitriles is 4. The summed E-state index contributed by atoms with van der Waals surface area (Å²) >= 11 is 0. The van der Waals surface area contributed by atoms with Crippen LogP contribution >= 0.6 is 0 Å². The standard InChI is InChI=1S/C16H6N4O/c1-2-12-13(11(7-19)8-20)14-9(5-17)3-4-10(6-18)15(14)16(12)21/h2-4H,1H3/b12-2+. The van der Waals surface area contributed by atoms with Crippen molar-refractivity contribution >= 4 is 11.4 Å². The van der Waals surface area contributed by atoms with Gasteiger partial charge in [0.25, 0.3) is 0 Å². The lowest BCUT2D eigenvalue weighted by Crippen LogP contribution is -1.99. The first-order valence-electron chi connectivity index (χ1n) is 5.88. The average Bonchev–Trinajstić information content (AvgIpc) is 2.81. The van der Waals surface area contributed by atoms with Gasteiger partial charge in [-0.25, -0.2) is 0 Å². The number of nitrogens with zero attached hydrogens (tertiary/aromatic N) is 4. The van der Waals surface area contributed by atoms with E-state index in [1.54, 1.807) is 19.1 Å². The summed E-state index contributed by atoms with van der Waals surface area (Å²) in [7, 11) is 0. The largest absolute Gasteiger partial charge is 0.289 e. The summed E-state index contributed by atoms with van der Waals surface area (Å²) in [6.07, 6.45) is 1.48. The molecule has 0 saturated heterocycles. The van der Waals surface area contributed by atoms with E-state index in [1.165, 1.54) is 18.2 Å². The van der Waals surface area contributed by atoms with Gasteiger partial charge in [0.1, 0.15) is 17.7 Å². The smallest absolute Gasteiger partial charge is 0.195 e. The number of carbonyl (C=O) groups is 1. The van der Waals surface area contributed by atoms with E-state index in [0.29, 0.717) is 0 Å². The Kier molecular flexibility index (Phi) is 3.37. The van der Waals surface area contributed by atoms with Gasteiger partial charge in [-0.1, -0.05) is 6.08 Å². The maximum atomic E-state index is 12.4. The van der Waals surface area contributed by atoms with Crippen molar-refractivity contribution in [3.8, 4) is 24.3 Å². The quantitative estimate of drug-likeness (QED) is 0.530. The maximum Gasteiger partial charge on any atom is 0.195 e. The topological polar surface area (TPSA) is 112 Å². The second kappa shape index (κ2) is 5.14. The molecule has 0 heterocycles. The molecule has 21 heavy (non-hydrogen) atoms. The normalized spacial score (nSPS) is 13.9. The molecule has 1 aromatic rings. The van der Waals surface area contributed by atoms with Gasteiger partial charge in [-0.2, -0.15) is 21.0 Å². The van der Waals surface area contributed by atoms with Crippen LogP contribution in [0.2, 0.25) is 0 Å². The summed E-state index contributed by atoms with van der Waals surface area (Å²) in [6, 6.07) is 10.1. The number of benzene rings is 1. The summed E-state index contributed by atoms with van der Waals surface area (Å²) < 4.78 is 0. The highest BCUT2D eigenvalue weighted by Crippen LogP contribution is 2.41. The molecule has 0 spiro atoms. The molecule has 5 heteroatoms. The number of ketones is 1. The van der Waals surface area contributed by atoms with Crippen LogP contribution in [0.1, 0.15) is 34.0 Å². The van der Waals surface area contributed by atoms with Crippen molar-refractivity contribution in [3.05, 3.63) is 51.6 Å². The first kappa shape index (κ1) is 13.8. The monoisotopic (exact) mass is 270 g/mol. The molecule has 0 fully saturated rings. The Hall–Kier alpha value is -3.67.